The van der Waals surface area contributed by atoms with Gasteiger partial charge < -0.3 is 0 Å². The van der Waals surface area contributed by atoms with Crippen LogP contribution < -0.4 is 0 Å². The molecule has 0 aromatic carbocycles. The fourth-order valence-electron chi connectivity index (χ4n) is 2.83. The van der Waals surface area contributed by atoms with Gasteiger partial charge >= 0.3 is 0 Å². The Bertz CT molecular complexity index is 120. The Balaban J connectivity index is 2.16. The Hall–Kier alpha value is 0. The zero-order valence-corrected chi connectivity index (χ0v) is 9.57. The first-order chi connectivity index (χ1) is 6.33. The van der Waals surface area contributed by atoms with Gasteiger partial charge in [0.2, 0.25) is 0 Å². The molecule has 0 radical (unpaired) electrons. The fraction of sp³-hybridized carbons (Fsp3) is 1.00. The van der Waals surface area contributed by atoms with E-state index >= 15 is 0 Å². The van der Waals surface area contributed by atoms with Gasteiger partial charge in [-0.1, -0.05) is 58.8 Å². The van der Waals surface area contributed by atoms with Crippen molar-refractivity contribution in [2.75, 3.05) is 0 Å². The molecule has 0 nitrogen and oxygen atoms in total. The maximum absolute atomic E-state index is 2.39. The molecular weight excluding hydrogens is 156 g/mol. The molecule has 0 heterocycles. The van der Waals surface area contributed by atoms with Crippen molar-refractivity contribution >= 4 is 0 Å². The molecule has 0 spiro atoms. The molecule has 0 amide bonds. The molecular formula is C13H26. The summed E-state index contributed by atoms with van der Waals surface area (Å²) in [6.07, 6.45) is 14.8. The van der Waals surface area contributed by atoms with Gasteiger partial charge in [-0.25, -0.2) is 0 Å². The Morgan fingerprint density at radius 3 is 2.15 bits per heavy atom. The predicted molar refractivity (Wildman–Crippen MR) is 60.0 cm³/mol. The van der Waals surface area contributed by atoms with Crippen LogP contribution in [-0.2, 0) is 0 Å². The SMILES string of the molecule is CCCCCCC1(CC)CCCC1. The van der Waals surface area contributed by atoms with Gasteiger partial charge in [-0.3, -0.25) is 0 Å². The third-order valence-corrected chi connectivity index (χ3v) is 3.97. The van der Waals surface area contributed by atoms with Crippen LogP contribution in [0.4, 0.5) is 0 Å². The van der Waals surface area contributed by atoms with Gasteiger partial charge in [0.15, 0.2) is 0 Å². The molecule has 1 fully saturated rings. The lowest BCUT2D eigenvalue weighted by molar-refractivity contribution is 0.249. The number of rotatable bonds is 6. The third kappa shape index (κ3) is 3.32. The molecule has 78 valence electrons. The van der Waals surface area contributed by atoms with Crippen molar-refractivity contribution in [3.8, 4) is 0 Å². The summed E-state index contributed by atoms with van der Waals surface area (Å²) in [5, 5.41) is 0. The second-order valence-electron chi connectivity index (χ2n) is 4.87. The van der Waals surface area contributed by atoms with Crippen LogP contribution in [0.15, 0.2) is 0 Å². The molecule has 0 saturated heterocycles. The summed E-state index contributed by atoms with van der Waals surface area (Å²) in [5.41, 5.74) is 0.785. The van der Waals surface area contributed by atoms with E-state index in [2.05, 4.69) is 13.8 Å². The van der Waals surface area contributed by atoms with Crippen molar-refractivity contribution < 1.29 is 0 Å². The van der Waals surface area contributed by atoms with Crippen LogP contribution >= 0.6 is 0 Å². The standard InChI is InChI=1S/C13H26/c1-3-5-6-7-10-13(4-2)11-8-9-12-13/h3-12H2,1-2H3. The summed E-state index contributed by atoms with van der Waals surface area (Å²) in [4.78, 5) is 0. The molecule has 0 aromatic rings. The topological polar surface area (TPSA) is 0 Å². The average molecular weight is 182 g/mol. The van der Waals surface area contributed by atoms with Crippen LogP contribution in [-0.4, -0.2) is 0 Å². The molecule has 13 heavy (non-hydrogen) atoms. The zero-order valence-electron chi connectivity index (χ0n) is 9.57. The summed E-state index contributed by atoms with van der Waals surface area (Å²) in [5.74, 6) is 0. The molecule has 1 aliphatic rings. The number of unbranched alkanes of at least 4 members (excludes halogenated alkanes) is 3. The molecule has 0 aliphatic heterocycles. The molecule has 1 saturated carbocycles. The van der Waals surface area contributed by atoms with Gasteiger partial charge in [0, 0.05) is 0 Å². The maximum atomic E-state index is 2.39. The molecule has 0 heteroatoms. The van der Waals surface area contributed by atoms with Crippen molar-refractivity contribution in [1.29, 1.82) is 0 Å². The van der Waals surface area contributed by atoms with Crippen LogP contribution in [0.5, 0.6) is 0 Å². The molecule has 0 atom stereocenters. The first-order valence-electron chi connectivity index (χ1n) is 6.33. The molecule has 0 unspecified atom stereocenters. The van der Waals surface area contributed by atoms with Gasteiger partial charge in [0.05, 0.1) is 0 Å². The van der Waals surface area contributed by atoms with Crippen molar-refractivity contribution in [3.05, 3.63) is 0 Å². The minimum Gasteiger partial charge on any atom is -0.0654 e. The molecule has 1 aliphatic carbocycles. The average Bonchev–Trinajstić information content (AvgIpc) is 2.62. The monoisotopic (exact) mass is 182 g/mol. The highest BCUT2D eigenvalue weighted by Gasteiger charge is 2.30. The first kappa shape index (κ1) is 11.1. The normalized spacial score (nSPS) is 20.8. The minimum atomic E-state index is 0.785. The maximum Gasteiger partial charge on any atom is -0.0300 e. The summed E-state index contributed by atoms with van der Waals surface area (Å²) >= 11 is 0. The summed E-state index contributed by atoms with van der Waals surface area (Å²) in [7, 11) is 0. The Morgan fingerprint density at radius 1 is 0.923 bits per heavy atom. The van der Waals surface area contributed by atoms with E-state index in [0.717, 1.165) is 5.41 Å². The predicted octanol–water partition coefficient (Wildman–Crippen LogP) is 4.93. The van der Waals surface area contributed by atoms with Gasteiger partial charge in [-0.05, 0) is 24.7 Å². The molecule has 0 N–H and O–H groups in total. The van der Waals surface area contributed by atoms with E-state index in [1.165, 1.54) is 64.2 Å². The zero-order chi connectivity index (χ0) is 9.57. The second-order valence-corrected chi connectivity index (χ2v) is 4.87. The van der Waals surface area contributed by atoms with Crippen LogP contribution in [0.2, 0.25) is 0 Å². The van der Waals surface area contributed by atoms with Crippen molar-refractivity contribution in [3.63, 3.8) is 0 Å². The highest BCUT2D eigenvalue weighted by atomic mass is 14.4. The van der Waals surface area contributed by atoms with Crippen molar-refractivity contribution in [2.45, 2.75) is 78.1 Å². The highest BCUT2D eigenvalue weighted by Crippen LogP contribution is 2.44. The quantitative estimate of drug-likeness (QED) is 0.511. The van der Waals surface area contributed by atoms with Crippen molar-refractivity contribution in [1.82, 2.24) is 0 Å². The molecule has 0 aromatic heterocycles. The first-order valence-corrected chi connectivity index (χ1v) is 6.33. The van der Waals surface area contributed by atoms with Crippen molar-refractivity contribution in [2.24, 2.45) is 5.41 Å². The molecule has 0 bridgehead atoms. The van der Waals surface area contributed by atoms with Crippen LogP contribution in [0.3, 0.4) is 0 Å². The molecule has 1 rings (SSSR count). The third-order valence-electron chi connectivity index (χ3n) is 3.97. The van der Waals surface area contributed by atoms with Gasteiger partial charge in [-0.15, -0.1) is 0 Å². The van der Waals surface area contributed by atoms with Crippen LogP contribution in [0.25, 0.3) is 0 Å². The lowest BCUT2D eigenvalue weighted by Crippen LogP contribution is -2.14. The largest absolute Gasteiger partial charge is 0.0654 e. The van der Waals surface area contributed by atoms with E-state index in [4.69, 9.17) is 0 Å². The smallest absolute Gasteiger partial charge is 0.0300 e. The number of hydrogen-bond acceptors (Lipinski definition) is 0. The van der Waals surface area contributed by atoms with E-state index < -0.39 is 0 Å². The van der Waals surface area contributed by atoms with Crippen LogP contribution in [0, 0.1) is 5.41 Å². The Labute approximate surface area is 84.1 Å². The van der Waals surface area contributed by atoms with E-state index in [-0.39, 0.29) is 0 Å². The van der Waals surface area contributed by atoms with E-state index in [1.807, 2.05) is 0 Å². The summed E-state index contributed by atoms with van der Waals surface area (Å²) in [6.45, 7) is 4.69. The number of hydrogen-bond donors (Lipinski definition) is 0. The van der Waals surface area contributed by atoms with E-state index in [0.29, 0.717) is 0 Å². The van der Waals surface area contributed by atoms with Gasteiger partial charge in [-0.2, -0.15) is 0 Å². The fourth-order valence-corrected chi connectivity index (χ4v) is 2.83. The lowest BCUT2D eigenvalue weighted by atomic mass is 9.78. The summed E-state index contributed by atoms with van der Waals surface area (Å²) < 4.78 is 0. The highest BCUT2D eigenvalue weighted by molar-refractivity contribution is 4.83. The Morgan fingerprint density at radius 2 is 1.62 bits per heavy atom. The summed E-state index contributed by atoms with van der Waals surface area (Å²) in [6, 6.07) is 0. The van der Waals surface area contributed by atoms with Gasteiger partial charge in [0.25, 0.3) is 0 Å². The Kier molecular flexibility index (Phi) is 4.83. The second kappa shape index (κ2) is 5.67. The minimum absolute atomic E-state index is 0.785. The van der Waals surface area contributed by atoms with E-state index in [9.17, 15) is 0 Å². The van der Waals surface area contributed by atoms with E-state index in [1.54, 1.807) is 0 Å². The lowest BCUT2D eigenvalue weighted by Gasteiger charge is -2.27. The van der Waals surface area contributed by atoms with Crippen LogP contribution in [0.1, 0.15) is 78.1 Å². The van der Waals surface area contributed by atoms with Gasteiger partial charge in [0.1, 0.15) is 0 Å².